The zero-order chi connectivity index (χ0) is 13.3. The van der Waals surface area contributed by atoms with E-state index in [1.165, 1.54) is 6.20 Å². The molecule has 96 valence electrons. The highest BCUT2D eigenvalue weighted by Gasteiger charge is 2.13. The Bertz CT molecular complexity index is 568. The van der Waals surface area contributed by atoms with Gasteiger partial charge in [0, 0.05) is 12.2 Å². The normalized spacial score (nSPS) is 11.1. The number of nitrogens with zero attached hydrogens (tertiary/aromatic N) is 4. The number of rotatable bonds is 4. The van der Waals surface area contributed by atoms with E-state index in [0.29, 0.717) is 18.3 Å². The third-order valence-electron chi connectivity index (χ3n) is 2.84. The number of hydrogen-bond donors (Lipinski definition) is 1. The molecule has 2 aromatic rings. The summed E-state index contributed by atoms with van der Waals surface area (Å²) in [6.07, 6.45) is 3.29. The van der Waals surface area contributed by atoms with E-state index in [4.69, 9.17) is 5.11 Å². The van der Waals surface area contributed by atoms with Crippen LogP contribution in [0.1, 0.15) is 41.6 Å². The van der Waals surface area contributed by atoms with Crippen LogP contribution in [-0.4, -0.2) is 30.6 Å². The van der Waals surface area contributed by atoms with Crippen LogP contribution in [0.25, 0.3) is 0 Å². The first-order chi connectivity index (χ1) is 8.49. The van der Waals surface area contributed by atoms with Gasteiger partial charge in [0.15, 0.2) is 0 Å². The van der Waals surface area contributed by atoms with E-state index in [9.17, 15) is 4.79 Å². The maximum Gasteiger partial charge on any atom is 0.339 e. The highest BCUT2D eigenvalue weighted by Crippen LogP contribution is 2.10. The molecule has 2 rings (SSSR count). The highest BCUT2D eigenvalue weighted by atomic mass is 16.4. The van der Waals surface area contributed by atoms with Gasteiger partial charge in [-0.1, -0.05) is 0 Å². The number of carbonyl (C=O) groups is 1. The SMILES string of the molecule is Cc1c(C(=O)O)cnn1Cc1ccn(C(C)C)n1. The summed E-state index contributed by atoms with van der Waals surface area (Å²) in [5.74, 6) is -0.952. The summed E-state index contributed by atoms with van der Waals surface area (Å²) in [5.41, 5.74) is 1.74. The minimum Gasteiger partial charge on any atom is -0.478 e. The molecule has 0 aromatic carbocycles. The van der Waals surface area contributed by atoms with E-state index in [2.05, 4.69) is 24.0 Å². The van der Waals surface area contributed by atoms with Crippen LogP contribution in [0, 0.1) is 6.92 Å². The summed E-state index contributed by atoms with van der Waals surface area (Å²) >= 11 is 0. The van der Waals surface area contributed by atoms with E-state index in [0.717, 1.165) is 5.69 Å². The van der Waals surface area contributed by atoms with E-state index < -0.39 is 5.97 Å². The van der Waals surface area contributed by atoms with Crippen LogP contribution in [0.15, 0.2) is 18.5 Å². The van der Waals surface area contributed by atoms with Gasteiger partial charge in [0.05, 0.1) is 24.1 Å². The van der Waals surface area contributed by atoms with Gasteiger partial charge in [0.1, 0.15) is 5.56 Å². The number of carboxylic acids is 1. The first-order valence-corrected chi connectivity index (χ1v) is 5.78. The molecular weight excluding hydrogens is 232 g/mol. The van der Waals surface area contributed by atoms with Crippen molar-refractivity contribution in [2.24, 2.45) is 0 Å². The van der Waals surface area contributed by atoms with Crippen LogP contribution < -0.4 is 0 Å². The van der Waals surface area contributed by atoms with Crippen molar-refractivity contribution in [2.45, 2.75) is 33.4 Å². The largest absolute Gasteiger partial charge is 0.478 e. The molecule has 0 radical (unpaired) electrons. The van der Waals surface area contributed by atoms with E-state index in [1.807, 2.05) is 16.9 Å². The Kier molecular flexibility index (Phi) is 3.18. The maximum atomic E-state index is 10.9. The summed E-state index contributed by atoms with van der Waals surface area (Å²) in [7, 11) is 0. The fourth-order valence-corrected chi connectivity index (χ4v) is 1.72. The molecule has 0 aliphatic heterocycles. The monoisotopic (exact) mass is 248 g/mol. The molecule has 0 unspecified atom stereocenters. The summed E-state index contributed by atoms with van der Waals surface area (Å²) in [4.78, 5) is 10.9. The molecule has 0 amide bonds. The smallest absolute Gasteiger partial charge is 0.339 e. The average molecular weight is 248 g/mol. The molecule has 0 fully saturated rings. The molecule has 2 aromatic heterocycles. The molecule has 2 heterocycles. The minimum atomic E-state index is -0.952. The lowest BCUT2D eigenvalue weighted by Gasteiger charge is -2.05. The van der Waals surface area contributed by atoms with Crippen molar-refractivity contribution >= 4 is 5.97 Å². The zero-order valence-corrected chi connectivity index (χ0v) is 10.7. The predicted molar refractivity (Wildman–Crippen MR) is 65.6 cm³/mol. The van der Waals surface area contributed by atoms with Crippen LogP contribution >= 0.6 is 0 Å². The molecule has 1 N–H and O–H groups in total. The molecule has 0 spiro atoms. The van der Waals surface area contributed by atoms with Gasteiger partial charge >= 0.3 is 5.97 Å². The molecule has 6 heteroatoms. The lowest BCUT2D eigenvalue weighted by Crippen LogP contribution is -2.08. The third kappa shape index (κ3) is 2.27. The standard InChI is InChI=1S/C12H16N4O2/c1-8(2)15-5-4-10(14-15)7-16-9(3)11(6-13-16)12(17)18/h4-6,8H,7H2,1-3H3,(H,17,18). The van der Waals surface area contributed by atoms with E-state index >= 15 is 0 Å². The number of aromatic nitrogens is 4. The van der Waals surface area contributed by atoms with Gasteiger partial charge in [-0.25, -0.2) is 4.79 Å². The van der Waals surface area contributed by atoms with Gasteiger partial charge in [-0.2, -0.15) is 10.2 Å². The molecule has 0 bridgehead atoms. The first kappa shape index (κ1) is 12.3. The maximum absolute atomic E-state index is 10.9. The number of aromatic carboxylic acids is 1. The molecule has 0 saturated carbocycles. The number of carboxylic acid groups (broad SMARTS) is 1. The molecular formula is C12H16N4O2. The van der Waals surface area contributed by atoms with Crippen molar-refractivity contribution < 1.29 is 9.90 Å². The summed E-state index contributed by atoms with van der Waals surface area (Å²) in [6, 6.07) is 2.23. The molecule has 0 saturated heterocycles. The quantitative estimate of drug-likeness (QED) is 0.894. The fraction of sp³-hybridized carbons (Fsp3) is 0.417. The van der Waals surface area contributed by atoms with Crippen molar-refractivity contribution in [3.8, 4) is 0 Å². The topological polar surface area (TPSA) is 72.9 Å². The van der Waals surface area contributed by atoms with E-state index in [1.54, 1.807) is 11.6 Å². The van der Waals surface area contributed by atoms with Crippen molar-refractivity contribution in [1.82, 2.24) is 19.6 Å². The second-order valence-corrected chi connectivity index (χ2v) is 4.49. The van der Waals surface area contributed by atoms with Crippen molar-refractivity contribution in [1.29, 1.82) is 0 Å². The van der Waals surface area contributed by atoms with Crippen LogP contribution in [-0.2, 0) is 6.54 Å². The first-order valence-electron chi connectivity index (χ1n) is 5.78. The second kappa shape index (κ2) is 4.64. The van der Waals surface area contributed by atoms with Gasteiger partial charge < -0.3 is 5.11 Å². The van der Waals surface area contributed by atoms with Crippen molar-refractivity contribution in [2.75, 3.05) is 0 Å². The molecule has 6 nitrogen and oxygen atoms in total. The van der Waals surface area contributed by atoms with Gasteiger partial charge in [0.2, 0.25) is 0 Å². The van der Waals surface area contributed by atoms with Crippen LogP contribution in [0.4, 0.5) is 0 Å². The summed E-state index contributed by atoms with van der Waals surface area (Å²) in [6.45, 7) is 6.34. The van der Waals surface area contributed by atoms with Crippen molar-refractivity contribution in [3.05, 3.63) is 35.4 Å². The van der Waals surface area contributed by atoms with Crippen LogP contribution in [0.2, 0.25) is 0 Å². The summed E-state index contributed by atoms with van der Waals surface area (Å²) < 4.78 is 3.52. The van der Waals surface area contributed by atoms with Gasteiger partial charge in [-0.05, 0) is 26.8 Å². The Morgan fingerprint density at radius 2 is 2.22 bits per heavy atom. The molecule has 18 heavy (non-hydrogen) atoms. The van der Waals surface area contributed by atoms with Gasteiger partial charge in [0.25, 0.3) is 0 Å². The predicted octanol–water partition coefficient (Wildman–Crippen LogP) is 1.72. The Hall–Kier alpha value is -2.11. The Morgan fingerprint density at radius 1 is 1.50 bits per heavy atom. The van der Waals surface area contributed by atoms with Crippen LogP contribution in [0.5, 0.6) is 0 Å². The lowest BCUT2D eigenvalue weighted by atomic mass is 10.2. The Balaban J connectivity index is 2.20. The van der Waals surface area contributed by atoms with Crippen LogP contribution in [0.3, 0.4) is 0 Å². The summed E-state index contributed by atoms with van der Waals surface area (Å²) in [5, 5.41) is 17.4. The zero-order valence-electron chi connectivity index (χ0n) is 10.7. The Labute approximate surface area is 105 Å². The molecule has 0 aliphatic rings. The minimum absolute atomic E-state index is 0.235. The van der Waals surface area contributed by atoms with Gasteiger partial charge in [-0.15, -0.1) is 0 Å². The second-order valence-electron chi connectivity index (χ2n) is 4.49. The molecule has 0 aliphatic carbocycles. The third-order valence-corrected chi connectivity index (χ3v) is 2.84. The Morgan fingerprint density at radius 3 is 2.72 bits per heavy atom. The lowest BCUT2D eigenvalue weighted by molar-refractivity contribution is 0.0696. The van der Waals surface area contributed by atoms with Crippen molar-refractivity contribution in [3.63, 3.8) is 0 Å². The molecule has 0 atom stereocenters. The highest BCUT2D eigenvalue weighted by molar-refractivity contribution is 5.88. The average Bonchev–Trinajstić information content (AvgIpc) is 2.87. The van der Waals surface area contributed by atoms with Gasteiger partial charge in [-0.3, -0.25) is 9.36 Å². The van der Waals surface area contributed by atoms with E-state index in [-0.39, 0.29) is 5.56 Å². The number of hydrogen-bond acceptors (Lipinski definition) is 3. The fourth-order valence-electron chi connectivity index (χ4n) is 1.72.